The van der Waals surface area contributed by atoms with Crippen LogP contribution in [0, 0.1) is 0 Å². The van der Waals surface area contributed by atoms with Gasteiger partial charge in [-0.1, -0.05) is 69.2 Å². The number of hydrogen-bond donors (Lipinski definition) is 2. The van der Waals surface area contributed by atoms with Crippen LogP contribution in [0.4, 0.5) is 0 Å². The fraction of sp³-hybridized carbons (Fsp3) is 0.391. The van der Waals surface area contributed by atoms with Gasteiger partial charge in [0.1, 0.15) is 11.9 Å². The number of fused-ring (bicyclic) bond motifs is 1. The highest BCUT2D eigenvalue weighted by atomic mass is 32.2. The molecule has 7 heteroatoms. The van der Waals surface area contributed by atoms with Crippen LogP contribution >= 0.6 is 0 Å². The summed E-state index contributed by atoms with van der Waals surface area (Å²) in [4.78, 5) is 17.7. The van der Waals surface area contributed by atoms with Crippen molar-refractivity contribution in [3.8, 4) is 0 Å². The van der Waals surface area contributed by atoms with E-state index < -0.39 is 16.1 Å². The summed E-state index contributed by atoms with van der Waals surface area (Å²) < 4.78 is 27.2. The number of carbonyl (C=O) groups excluding carboxylic acids is 1. The molecule has 0 aromatic heterocycles. The minimum Gasteiger partial charge on any atom is -0.354 e. The Morgan fingerprint density at radius 3 is 2.47 bits per heavy atom. The average Bonchev–Trinajstić information content (AvgIpc) is 3.02. The molecular formula is C23H29N3O3S. The molecule has 2 aromatic carbocycles. The Morgan fingerprint density at radius 1 is 1.07 bits per heavy atom. The molecule has 1 amide bonds. The zero-order chi connectivity index (χ0) is 21.6. The molecule has 30 heavy (non-hydrogen) atoms. The van der Waals surface area contributed by atoms with Crippen LogP contribution in [0.1, 0.15) is 56.6 Å². The molecule has 2 unspecified atom stereocenters. The van der Waals surface area contributed by atoms with Crippen LogP contribution in [-0.4, -0.2) is 32.7 Å². The third-order valence-corrected chi connectivity index (χ3v) is 6.77. The number of amides is 1. The molecule has 160 valence electrons. The topological polar surface area (TPSA) is 87.6 Å². The second-order valence-corrected chi connectivity index (χ2v) is 9.15. The summed E-state index contributed by atoms with van der Waals surface area (Å²) in [6.07, 6.45) is 3.24. The molecule has 2 aromatic rings. The van der Waals surface area contributed by atoms with Crippen molar-refractivity contribution in [3.63, 3.8) is 0 Å². The molecule has 0 saturated carbocycles. The predicted molar refractivity (Wildman–Crippen MR) is 119 cm³/mol. The van der Waals surface area contributed by atoms with Gasteiger partial charge in [-0.15, -0.1) is 0 Å². The summed E-state index contributed by atoms with van der Waals surface area (Å²) in [6.45, 7) is 4.68. The van der Waals surface area contributed by atoms with E-state index in [2.05, 4.69) is 41.0 Å². The molecule has 1 heterocycles. The lowest BCUT2D eigenvalue weighted by atomic mass is 9.96. The number of sulfonamides is 1. The number of nitrogens with one attached hydrogen (secondary N) is 2. The van der Waals surface area contributed by atoms with E-state index in [0.29, 0.717) is 18.5 Å². The number of unbranched alkanes of at least 4 members (excludes halogenated alkanes) is 1. The van der Waals surface area contributed by atoms with Crippen molar-refractivity contribution in [2.75, 3.05) is 6.54 Å². The third-order valence-electron chi connectivity index (χ3n) is 5.37. The zero-order valence-corrected chi connectivity index (χ0v) is 18.3. The Bertz CT molecular complexity index is 1000. The van der Waals surface area contributed by atoms with Gasteiger partial charge >= 0.3 is 0 Å². The van der Waals surface area contributed by atoms with Crippen molar-refractivity contribution in [2.45, 2.75) is 56.4 Å². The Kier molecular flexibility index (Phi) is 7.26. The third kappa shape index (κ3) is 5.08. The number of benzene rings is 2. The smallest absolute Gasteiger partial charge is 0.263 e. The van der Waals surface area contributed by atoms with E-state index in [1.54, 1.807) is 24.3 Å². The number of carbonyl (C=O) groups is 1. The van der Waals surface area contributed by atoms with Gasteiger partial charge in [-0.05, 0) is 30.5 Å². The van der Waals surface area contributed by atoms with E-state index in [4.69, 9.17) is 0 Å². The Labute approximate surface area is 178 Å². The SMILES string of the molecule is CCCCC(N=C1NS(=O)(=O)c2ccccc21)C(=O)NCC(CC)c1ccccc1. The minimum atomic E-state index is -3.62. The van der Waals surface area contributed by atoms with Crippen LogP contribution < -0.4 is 10.0 Å². The van der Waals surface area contributed by atoms with Gasteiger partial charge in [0.2, 0.25) is 5.91 Å². The fourth-order valence-corrected chi connectivity index (χ4v) is 4.84. The van der Waals surface area contributed by atoms with E-state index in [9.17, 15) is 13.2 Å². The van der Waals surface area contributed by atoms with Gasteiger partial charge in [-0.25, -0.2) is 8.42 Å². The van der Waals surface area contributed by atoms with Gasteiger partial charge in [0.05, 0.1) is 4.90 Å². The fourth-order valence-electron chi connectivity index (χ4n) is 3.60. The summed E-state index contributed by atoms with van der Waals surface area (Å²) in [6, 6.07) is 16.2. The second-order valence-electron chi connectivity index (χ2n) is 7.50. The van der Waals surface area contributed by atoms with Crippen LogP contribution in [0.25, 0.3) is 0 Å². The number of rotatable bonds is 9. The normalized spacial score (nSPS) is 17.7. The molecule has 3 rings (SSSR count). The lowest BCUT2D eigenvalue weighted by Crippen LogP contribution is -2.37. The van der Waals surface area contributed by atoms with E-state index in [-0.39, 0.29) is 22.6 Å². The number of amidine groups is 1. The van der Waals surface area contributed by atoms with Gasteiger partial charge in [0, 0.05) is 18.0 Å². The standard InChI is InChI=1S/C23H29N3O3S/c1-3-5-14-20(23(27)24-16-17(4-2)18-11-7-6-8-12-18)25-22-19-13-9-10-15-21(19)30(28,29)26-22/h6-13,15,17,20H,3-5,14,16H2,1-2H3,(H,24,27)(H,25,26). The summed E-state index contributed by atoms with van der Waals surface area (Å²) in [5, 5.41) is 3.04. The maximum absolute atomic E-state index is 13.0. The lowest BCUT2D eigenvalue weighted by Gasteiger charge is -2.19. The largest absolute Gasteiger partial charge is 0.354 e. The molecule has 0 radical (unpaired) electrons. The van der Waals surface area contributed by atoms with Crippen LogP contribution in [-0.2, 0) is 14.8 Å². The van der Waals surface area contributed by atoms with Crippen LogP contribution in [0.15, 0.2) is 64.5 Å². The summed E-state index contributed by atoms with van der Waals surface area (Å²) in [5.41, 5.74) is 1.71. The summed E-state index contributed by atoms with van der Waals surface area (Å²) in [7, 11) is -3.62. The molecule has 2 atom stereocenters. The molecule has 0 fully saturated rings. The van der Waals surface area contributed by atoms with Gasteiger partial charge in [-0.3, -0.25) is 14.5 Å². The van der Waals surface area contributed by atoms with E-state index in [1.165, 1.54) is 5.56 Å². The van der Waals surface area contributed by atoms with Crippen molar-refractivity contribution < 1.29 is 13.2 Å². The zero-order valence-electron chi connectivity index (χ0n) is 17.5. The Morgan fingerprint density at radius 2 is 1.77 bits per heavy atom. The van der Waals surface area contributed by atoms with Crippen molar-refractivity contribution in [1.82, 2.24) is 10.0 Å². The highest BCUT2D eigenvalue weighted by molar-refractivity contribution is 7.90. The number of aliphatic imine (C=N–C) groups is 1. The van der Waals surface area contributed by atoms with Crippen LogP contribution in [0.3, 0.4) is 0 Å². The summed E-state index contributed by atoms with van der Waals surface area (Å²) in [5.74, 6) is 0.297. The highest BCUT2D eigenvalue weighted by Crippen LogP contribution is 2.23. The molecule has 0 spiro atoms. The van der Waals surface area contributed by atoms with E-state index >= 15 is 0 Å². The van der Waals surface area contributed by atoms with Crippen molar-refractivity contribution in [1.29, 1.82) is 0 Å². The van der Waals surface area contributed by atoms with Crippen molar-refractivity contribution in [2.24, 2.45) is 4.99 Å². The molecule has 1 aliphatic heterocycles. The molecule has 2 N–H and O–H groups in total. The van der Waals surface area contributed by atoms with Gasteiger partial charge in [0.15, 0.2) is 0 Å². The minimum absolute atomic E-state index is 0.172. The average molecular weight is 428 g/mol. The monoisotopic (exact) mass is 427 g/mol. The summed E-state index contributed by atoms with van der Waals surface area (Å²) >= 11 is 0. The van der Waals surface area contributed by atoms with Crippen molar-refractivity contribution in [3.05, 3.63) is 65.7 Å². The first kappa shape index (κ1) is 22.0. The first-order chi connectivity index (χ1) is 14.5. The molecule has 0 bridgehead atoms. The molecular weight excluding hydrogens is 398 g/mol. The highest BCUT2D eigenvalue weighted by Gasteiger charge is 2.31. The molecule has 1 aliphatic rings. The van der Waals surface area contributed by atoms with Gasteiger partial charge in [0.25, 0.3) is 10.0 Å². The second kappa shape index (κ2) is 9.89. The van der Waals surface area contributed by atoms with E-state index in [0.717, 1.165) is 19.3 Å². The Hall–Kier alpha value is -2.67. The quantitative estimate of drug-likeness (QED) is 0.641. The molecule has 0 saturated heterocycles. The van der Waals surface area contributed by atoms with Gasteiger partial charge < -0.3 is 5.32 Å². The first-order valence-corrected chi connectivity index (χ1v) is 12.0. The van der Waals surface area contributed by atoms with E-state index in [1.807, 2.05) is 18.2 Å². The first-order valence-electron chi connectivity index (χ1n) is 10.5. The van der Waals surface area contributed by atoms with Crippen LogP contribution in [0.5, 0.6) is 0 Å². The maximum Gasteiger partial charge on any atom is 0.263 e. The molecule has 0 aliphatic carbocycles. The predicted octanol–water partition coefficient (Wildman–Crippen LogP) is 3.59. The van der Waals surface area contributed by atoms with Gasteiger partial charge in [-0.2, -0.15) is 0 Å². The molecule has 6 nitrogen and oxygen atoms in total. The lowest BCUT2D eigenvalue weighted by molar-refractivity contribution is -0.122. The Balaban J connectivity index is 1.77. The number of hydrogen-bond acceptors (Lipinski definition) is 4. The number of nitrogens with zero attached hydrogens (tertiary/aromatic N) is 1. The van der Waals surface area contributed by atoms with Crippen LogP contribution in [0.2, 0.25) is 0 Å². The van der Waals surface area contributed by atoms with Crippen molar-refractivity contribution >= 4 is 21.8 Å². The maximum atomic E-state index is 13.0.